The van der Waals surface area contributed by atoms with E-state index in [2.05, 4.69) is 9.97 Å². The minimum atomic E-state index is -0.970. The van der Waals surface area contributed by atoms with Gasteiger partial charge in [0.15, 0.2) is 0 Å². The average molecular weight is 317 g/mol. The third kappa shape index (κ3) is 2.79. The Morgan fingerprint density at radius 1 is 1.22 bits per heavy atom. The summed E-state index contributed by atoms with van der Waals surface area (Å²) in [7, 11) is 0. The SMILES string of the molecule is CC(C)(O)C1CCCN1C(=O)c1ccc2[nH]c(=O)c(=O)[nH]c2c1. The molecule has 2 aromatic rings. The topological polar surface area (TPSA) is 106 Å². The van der Waals surface area contributed by atoms with Crippen molar-refractivity contribution in [3.63, 3.8) is 0 Å². The molecule has 1 aliphatic rings. The molecule has 122 valence electrons. The molecular weight excluding hydrogens is 298 g/mol. The molecule has 0 bridgehead atoms. The van der Waals surface area contributed by atoms with Crippen molar-refractivity contribution in [3.05, 3.63) is 44.5 Å². The predicted octanol–water partition coefficient (Wildman–Crippen LogP) is 0.592. The summed E-state index contributed by atoms with van der Waals surface area (Å²) in [6, 6.07) is 4.52. The monoisotopic (exact) mass is 317 g/mol. The van der Waals surface area contributed by atoms with E-state index in [1.807, 2.05) is 0 Å². The van der Waals surface area contributed by atoms with Gasteiger partial charge in [-0.2, -0.15) is 0 Å². The number of nitrogens with one attached hydrogen (secondary N) is 2. The summed E-state index contributed by atoms with van der Waals surface area (Å²) in [6.45, 7) is 3.99. The molecule has 1 aromatic heterocycles. The highest BCUT2D eigenvalue weighted by atomic mass is 16.3. The lowest BCUT2D eigenvalue weighted by molar-refractivity contribution is 0.000342. The fourth-order valence-corrected chi connectivity index (χ4v) is 3.16. The lowest BCUT2D eigenvalue weighted by Gasteiger charge is -2.33. The Morgan fingerprint density at radius 2 is 1.87 bits per heavy atom. The van der Waals surface area contributed by atoms with Gasteiger partial charge in [-0.05, 0) is 44.9 Å². The van der Waals surface area contributed by atoms with E-state index in [1.54, 1.807) is 36.9 Å². The fraction of sp³-hybridized carbons (Fsp3) is 0.438. The molecule has 2 heterocycles. The van der Waals surface area contributed by atoms with Crippen LogP contribution in [-0.2, 0) is 0 Å². The Bertz CT molecular complexity index is 875. The Hall–Kier alpha value is -2.41. The molecule has 7 nitrogen and oxygen atoms in total. The molecule has 1 atom stereocenters. The maximum Gasteiger partial charge on any atom is 0.314 e. The lowest BCUT2D eigenvalue weighted by atomic mass is 9.96. The van der Waals surface area contributed by atoms with Crippen molar-refractivity contribution in [1.82, 2.24) is 14.9 Å². The number of rotatable bonds is 2. The molecule has 0 aliphatic carbocycles. The van der Waals surface area contributed by atoms with Crippen LogP contribution in [0.25, 0.3) is 11.0 Å². The quantitative estimate of drug-likeness (QED) is 0.705. The van der Waals surface area contributed by atoms with E-state index >= 15 is 0 Å². The van der Waals surface area contributed by atoms with Gasteiger partial charge in [0.1, 0.15) is 0 Å². The maximum absolute atomic E-state index is 12.8. The van der Waals surface area contributed by atoms with Crippen LogP contribution in [0.4, 0.5) is 0 Å². The highest BCUT2D eigenvalue weighted by Crippen LogP contribution is 2.28. The summed E-state index contributed by atoms with van der Waals surface area (Å²) in [4.78, 5) is 42.1. The summed E-state index contributed by atoms with van der Waals surface area (Å²) in [5.41, 5.74) is -1.17. The molecule has 1 amide bonds. The zero-order valence-electron chi connectivity index (χ0n) is 13.0. The van der Waals surface area contributed by atoms with Crippen molar-refractivity contribution >= 4 is 16.9 Å². The molecule has 0 spiro atoms. The van der Waals surface area contributed by atoms with Gasteiger partial charge in [-0.15, -0.1) is 0 Å². The number of nitrogens with zero attached hydrogens (tertiary/aromatic N) is 1. The first-order valence-electron chi connectivity index (χ1n) is 7.57. The molecule has 1 unspecified atom stereocenters. The molecule has 1 aromatic carbocycles. The van der Waals surface area contributed by atoms with E-state index < -0.39 is 16.7 Å². The smallest absolute Gasteiger partial charge is 0.314 e. The van der Waals surface area contributed by atoms with Gasteiger partial charge >= 0.3 is 11.1 Å². The number of H-pyrrole nitrogens is 2. The molecular formula is C16H19N3O4. The average Bonchev–Trinajstić information content (AvgIpc) is 2.97. The minimum Gasteiger partial charge on any atom is -0.388 e. The Balaban J connectivity index is 1.99. The van der Waals surface area contributed by atoms with E-state index in [0.29, 0.717) is 23.1 Å². The number of fused-ring (bicyclic) bond motifs is 1. The highest BCUT2D eigenvalue weighted by molar-refractivity contribution is 5.97. The van der Waals surface area contributed by atoms with Gasteiger partial charge in [-0.25, -0.2) is 0 Å². The molecule has 1 aliphatic heterocycles. The Kier molecular flexibility index (Phi) is 3.60. The van der Waals surface area contributed by atoms with Crippen molar-refractivity contribution in [3.8, 4) is 0 Å². The summed E-state index contributed by atoms with van der Waals surface area (Å²) in [6.07, 6.45) is 1.60. The summed E-state index contributed by atoms with van der Waals surface area (Å²) in [5, 5.41) is 10.2. The molecule has 0 saturated carbocycles. The van der Waals surface area contributed by atoms with E-state index in [1.165, 1.54) is 0 Å². The van der Waals surface area contributed by atoms with Gasteiger partial charge in [0, 0.05) is 12.1 Å². The number of carbonyl (C=O) groups excluding carboxylic acids is 1. The summed E-state index contributed by atoms with van der Waals surface area (Å²) in [5.74, 6) is -0.191. The number of hydrogen-bond acceptors (Lipinski definition) is 4. The van der Waals surface area contributed by atoms with Crippen molar-refractivity contribution in [2.45, 2.75) is 38.3 Å². The van der Waals surface area contributed by atoms with Gasteiger partial charge in [0.25, 0.3) is 5.91 Å². The van der Waals surface area contributed by atoms with Crippen LogP contribution >= 0.6 is 0 Å². The van der Waals surface area contributed by atoms with E-state index in [-0.39, 0.29) is 11.9 Å². The Morgan fingerprint density at radius 3 is 2.52 bits per heavy atom. The van der Waals surface area contributed by atoms with E-state index in [0.717, 1.165) is 12.8 Å². The zero-order chi connectivity index (χ0) is 16.8. The molecule has 3 rings (SSSR count). The van der Waals surface area contributed by atoms with Gasteiger partial charge in [0.05, 0.1) is 22.7 Å². The lowest BCUT2D eigenvalue weighted by Crippen LogP contribution is -2.48. The number of aromatic amines is 2. The highest BCUT2D eigenvalue weighted by Gasteiger charge is 2.38. The first-order valence-corrected chi connectivity index (χ1v) is 7.57. The van der Waals surface area contributed by atoms with Gasteiger partial charge < -0.3 is 20.0 Å². The van der Waals surface area contributed by atoms with Gasteiger partial charge in [-0.1, -0.05) is 0 Å². The molecule has 7 heteroatoms. The van der Waals surface area contributed by atoms with E-state index in [9.17, 15) is 19.5 Å². The standard InChI is InChI=1S/C16H19N3O4/c1-16(2,23)12-4-3-7-19(12)15(22)9-5-6-10-11(8-9)18-14(21)13(20)17-10/h5-6,8,12,23H,3-4,7H2,1-2H3,(H,17,20)(H,18,21). The molecule has 3 N–H and O–H groups in total. The van der Waals surface area contributed by atoms with Crippen LogP contribution in [0, 0.1) is 0 Å². The summed E-state index contributed by atoms with van der Waals surface area (Å²) >= 11 is 0. The summed E-state index contributed by atoms with van der Waals surface area (Å²) < 4.78 is 0. The molecule has 1 saturated heterocycles. The van der Waals surface area contributed by atoms with Gasteiger partial charge in [0.2, 0.25) is 0 Å². The number of aromatic nitrogens is 2. The van der Waals surface area contributed by atoms with Crippen LogP contribution < -0.4 is 11.1 Å². The van der Waals surface area contributed by atoms with Crippen LogP contribution in [0.15, 0.2) is 27.8 Å². The zero-order valence-corrected chi connectivity index (χ0v) is 13.0. The third-order valence-corrected chi connectivity index (χ3v) is 4.30. The van der Waals surface area contributed by atoms with E-state index in [4.69, 9.17) is 0 Å². The number of hydrogen-bond donors (Lipinski definition) is 3. The largest absolute Gasteiger partial charge is 0.388 e. The van der Waals surface area contributed by atoms with Crippen molar-refractivity contribution in [2.24, 2.45) is 0 Å². The number of likely N-dealkylation sites (tertiary alicyclic amines) is 1. The second-order valence-electron chi connectivity index (χ2n) is 6.48. The molecule has 0 radical (unpaired) electrons. The van der Waals surface area contributed by atoms with Crippen molar-refractivity contribution in [1.29, 1.82) is 0 Å². The maximum atomic E-state index is 12.8. The van der Waals surface area contributed by atoms with Crippen molar-refractivity contribution < 1.29 is 9.90 Å². The van der Waals surface area contributed by atoms with Crippen molar-refractivity contribution in [2.75, 3.05) is 6.54 Å². The fourth-order valence-electron chi connectivity index (χ4n) is 3.16. The normalized spacial score (nSPS) is 18.6. The molecule has 23 heavy (non-hydrogen) atoms. The van der Waals surface area contributed by atoms with Crippen LogP contribution in [0.2, 0.25) is 0 Å². The third-order valence-electron chi connectivity index (χ3n) is 4.30. The second-order valence-corrected chi connectivity index (χ2v) is 6.48. The number of aliphatic hydroxyl groups is 1. The number of carbonyl (C=O) groups is 1. The first-order chi connectivity index (χ1) is 10.8. The Labute approximate surface area is 132 Å². The molecule has 1 fully saturated rings. The number of benzene rings is 1. The van der Waals surface area contributed by atoms with Gasteiger partial charge in [-0.3, -0.25) is 14.4 Å². The van der Waals surface area contributed by atoms with Crippen LogP contribution in [-0.4, -0.2) is 44.1 Å². The van der Waals surface area contributed by atoms with Crippen LogP contribution in [0.5, 0.6) is 0 Å². The van der Waals surface area contributed by atoms with Crippen LogP contribution in [0.3, 0.4) is 0 Å². The minimum absolute atomic E-state index is 0.191. The first kappa shape index (κ1) is 15.5. The van der Waals surface area contributed by atoms with Crippen LogP contribution in [0.1, 0.15) is 37.0 Å². The second kappa shape index (κ2) is 5.34. The number of amides is 1. The predicted molar refractivity (Wildman–Crippen MR) is 85.5 cm³/mol.